The number of hydrogen-bond donors (Lipinski definition) is 1. The number of carbonyl (C=O) groups is 3. The zero-order valence-corrected chi connectivity index (χ0v) is 11.6. The van der Waals surface area contributed by atoms with Crippen molar-refractivity contribution in [2.24, 2.45) is 0 Å². The van der Waals surface area contributed by atoms with Crippen molar-refractivity contribution >= 4 is 17.7 Å². The van der Waals surface area contributed by atoms with Crippen LogP contribution in [-0.4, -0.2) is 29.4 Å². The average Bonchev–Trinajstić information content (AvgIpc) is 2.54. The van der Waals surface area contributed by atoms with Crippen LogP contribution in [0.15, 0.2) is 60.7 Å². The number of aliphatic carboxylic acids is 1. The van der Waals surface area contributed by atoms with Gasteiger partial charge in [0, 0.05) is 0 Å². The molecule has 0 saturated carbocycles. The van der Waals surface area contributed by atoms with Crippen molar-refractivity contribution in [3.63, 3.8) is 0 Å². The molecule has 0 fully saturated rings. The molecule has 0 heterocycles. The third-order valence-electron chi connectivity index (χ3n) is 3.06. The minimum atomic E-state index is -1.34. The average molecular weight is 298 g/mol. The first-order valence-corrected chi connectivity index (χ1v) is 6.62. The van der Waals surface area contributed by atoms with E-state index in [1.54, 1.807) is 60.7 Å². The maximum atomic E-state index is 12.1. The molecule has 0 aliphatic carbocycles. The number of ketones is 1. The van der Waals surface area contributed by atoms with Crippen LogP contribution >= 0.6 is 0 Å². The van der Waals surface area contributed by atoms with Crippen molar-refractivity contribution < 1.29 is 24.2 Å². The summed E-state index contributed by atoms with van der Waals surface area (Å²) in [4.78, 5) is 35.1. The Morgan fingerprint density at radius 1 is 0.909 bits per heavy atom. The lowest BCUT2D eigenvalue weighted by Gasteiger charge is -2.12. The quantitative estimate of drug-likeness (QED) is 0.653. The number of ether oxygens (including phenoxy) is 1. The largest absolute Gasteiger partial charge is 0.480 e. The Hall–Kier alpha value is -2.95. The normalized spacial score (nSPS) is 11.5. The molecule has 5 heteroatoms. The molecule has 112 valence electrons. The Labute approximate surface area is 127 Å². The summed E-state index contributed by atoms with van der Waals surface area (Å²) in [6.07, 6.45) is 0. The summed E-state index contributed by atoms with van der Waals surface area (Å²) < 4.78 is 4.89. The molecule has 2 aromatic carbocycles. The van der Waals surface area contributed by atoms with Gasteiger partial charge in [0.25, 0.3) is 0 Å². The van der Waals surface area contributed by atoms with Gasteiger partial charge in [0.2, 0.25) is 0 Å². The van der Waals surface area contributed by atoms with Gasteiger partial charge in [0.1, 0.15) is 5.92 Å². The van der Waals surface area contributed by atoms with Crippen molar-refractivity contribution in [1.82, 2.24) is 0 Å². The molecule has 0 radical (unpaired) electrons. The third kappa shape index (κ3) is 3.79. The topological polar surface area (TPSA) is 80.7 Å². The number of hydrogen-bond acceptors (Lipinski definition) is 4. The number of carboxylic acids is 1. The van der Waals surface area contributed by atoms with Crippen molar-refractivity contribution in [2.75, 3.05) is 6.61 Å². The maximum absolute atomic E-state index is 12.1. The van der Waals surface area contributed by atoms with Crippen LogP contribution in [-0.2, 0) is 14.3 Å². The van der Waals surface area contributed by atoms with Gasteiger partial charge < -0.3 is 9.84 Å². The van der Waals surface area contributed by atoms with Crippen molar-refractivity contribution in [1.29, 1.82) is 0 Å². The van der Waals surface area contributed by atoms with Crippen molar-refractivity contribution in [3.8, 4) is 0 Å². The van der Waals surface area contributed by atoms with E-state index in [0.29, 0.717) is 11.1 Å². The smallest absolute Gasteiger partial charge is 0.338 e. The molecule has 0 saturated heterocycles. The Balaban J connectivity index is 2.04. The standard InChI is InChI=1S/C17H14O5/c18-14(11-22-17(21)13-9-5-2-6-10-13)15(16(19)20)12-7-3-1-4-8-12/h1-10,15H,11H2,(H,19,20). The molecule has 22 heavy (non-hydrogen) atoms. The molecule has 5 nitrogen and oxygen atoms in total. The van der Waals surface area contributed by atoms with Crippen molar-refractivity contribution in [2.45, 2.75) is 5.92 Å². The number of rotatable bonds is 6. The predicted octanol–water partition coefficient (Wildman–Crippen LogP) is 2.28. The van der Waals surface area contributed by atoms with E-state index in [2.05, 4.69) is 0 Å². The van der Waals surface area contributed by atoms with Gasteiger partial charge in [0.05, 0.1) is 5.56 Å². The third-order valence-corrected chi connectivity index (χ3v) is 3.06. The van der Waals surface area contributed by atoms with E-state index >= 15 is 0 Å². The highest BCUT2D eigenvalue weighted by Gasteiger charge is 2.28. The molecule has 0 aliphatic rings. The molecule has 1 atom stereocenters. The Morgan fingerprint density at radius 3 is 2.00 bits per heavy atom. The molecule has 0 aromatic heterocycles. The fourth-order valence-corrected chi connectivity index (χ4v) is 1.99. The predicted molar refractivity (Wildman–Crippen MR) is 78.6 cm³/mol. The van der Waals surface area contributed by atoms with E-state index in [1.165, 1.54) is 0 Å². The van der Waals surface area contributed by atoms with E-state index in [1.807, 2.05) is 0 Å². The second-order valence-corrected chi connectivity index (χ2v) is 4.59. The van der Waals surface area contributed by atoms with E-state index in [9.17, 15) is 19.5 Å². The monoisotopic (exact) mass is 298 g/mol. The van der Waals surface area contributed by atoms with Gasteiger partial charge in [-0.2, -0.15) is 0 Å². The summed E-state index contributed by atoms with van der Waals surface area (Å²) in [6.45, 7) is -0.584. The summed E-state index contributed by atoms with van der Waals surface area (Å²) in [5, 5.41) is 9.22. The van der Waals surface area contributed by atoms with Gasteiger partial charge in [-0.15, -0.1) is 0 Å². The van der Waals surface area contributed by atoms with Gasteiger partial charge in [-0.1, -0.05) is 48.5 Å². The lowest BCUT2D eigenvalue weighted by Crippen LogP contribution is -2.26. The van der Waals surface area contributed by atoms with Crippen molar-refractivity contribution in [3.05, 3.63) is 71.8 Å². The number of benzene rings is 2. The summed E-state index contributed by atoms with van der Waals surface area (Å²) in [5.41, 5.74) is 0.664. The summed E-state index contributed by atoms with van der Waals surface area (Å²) in [5.74, 6) is -3.95. The highest BCUT2D eigenvalue weighted by Crippen LogP contribution is 2.17. The SMILES string of the molecule is O=C(OCC(=O)C(C(=O)O)c1ccccc1)c1ccccc1. The summed E-state index contributed by atoms with van der Waals surface area (Å²) in [7, 11) is 0. The van der Waals surface area contributed by atoms with E-state index in [0.717, 1.165) is 0 Å². The van der Waals surface area contributed by atoms with E-state index < -0.39 is 30.2 Å². The highest BCUT2D eigenvalue weighted by atomic mass is 16.5. The van der Waals surface area contributed by atoms with Crippen LogP contribution in [0.5, 0.6) is 0 Å². The molecular weight excluding hydrogens is 284 g/mol. The number of esters is 1. The van der Waals surface area contributed by atoms with Crippen LogP contribution in [0, 0.1) is 0 Å². The Morgan fingerprint density at radius 2 is 1.45 bits per heavy atom. The molecule has 1 N–H and O–H groups in total. The summed E-state index contributed by atoms with van der Waals surface area (Å²) in [6, 6.07) is 16.3. The first-order chi connectivity index (χ1) is 10.6. The van der Waals surface area contributed by atoms with Gasteiger partial charge in [-0.25, -0.2) is 4.79 Å². The van der Waals surface area contributed by atoms with E-state index in [-0.39, 0.29) is 0 Å². The van der Waals surface area contributed by atoms with Crippen LogP contribution in [0.2, 0.25) is 0 Å². The number of carboxylic acid groups (broad SMARTS) is 1. The lowest BCUT2D eigenvalue weighted by atomic mass is 9.95. The van der Waals surface area contributed by atoms with E-state index in [4.69, 9.17) is 4.74 Å². The van der Waals surface area contributed by atoms with Gasteiger partial charge >= 0.3 is 11.9 Å². The second-order valence-electron chi connectivity index (χ2n) is 4.59. The van der Waals surface area contributed by atoms with Crippen LogP contribution < -0.4 is 0 Å². The minimum Gasteiger partial charge on any atom is -0.480 e. The van der Waals surface area contributed by atoms with Crippen LogP contribution in [0.1, 0.15) is 21.8 Å². The van der Waals surface area contributed by atoms with Gasteiger partial charge in [0.15, 0.2) is 12.4 Å². The second kappa shape index (κ2) is 7.17. The zero-order chi connectivity index (χ0) is 15.9. The van der Waals surface area contributed by atoms with Crippen LogP contribution in [0.4, 0.5) is 0 Å². The highest BCUT2D eigenvalue weighted by molar-refractivity contribution is 6.05. The fraction of sp³-hybridized carbons (Fsp3) is 0.118. The molecule has 0 spiro atoms. The number of Topliss-reactive ketones (excluding diaryl/α,β-unsaturated/α-hetero) is 1. The maximum Gasteiger partial charge on any atom is 0.338 e. The summed E-state index contributed by atoms with van der Waals surface area (Å²) >= 11 is 0. The number of carbonyl (C=O) groups excluding carboxylic acids is 2. The lowest BCUT2D eigenvalue weighted by molar-refractivity contribution is -0.143. The first-order valence-electron chi connectivity index (χ1n) is 6.62. The molecule has 1 unspecified atom stereocenters. The molecule has 0 amide bonds. The molecule has 0 aliphatic heterocycles. The molecule has 2 rings (SSSR count). The minimum absolute atomic E-state index is 0.307. The Kier molecular flexibility index (Phi) is 5.03. The molecule has 0 bridgehead atoms. The fourth-order valence-electron chi connectivity index (χ4n) is 1.99. The Bertz CT molecular complexity index is 664. The zero-order valence-electron chi connectivity index (χ0n) is 11.6. The van der Waals surface area contributed by atoms with Crippen LogP contribution in [0.25, 0.3) is 0 Å². The van der Waals surface area contributed by atoms with Gasteiger partial charge in [-0.05, 0) is 17.7 Å². The van der Waals surface area contributed by atoms with Crippen LogP contribution in [0.3, 0.4) is 0 Å². The van der Waals surface area contributed by atoms with Gasteiger partial charge in [-0.3, -0.25) is 9.59 Å². The molecule has 2 aromatic rings. The first kappa shape index (κ1) is 15.4. The molecular formula is C17H14O5.